The van der Waals surface area contributed by atoms with Crippen LogP contribution in [-0.2, 0) is 6.54 Å². The van der Waals surface area contributed by atoms with Gasteiger partial charge < -0.3 is 5.11 Å². The molecule has 1 heterocycles. The van der Waals surface area contributed by atoms with Crippen LogP contribution in [0.25, 0.3) is 0 Å². The van der Waals surface area contributed by atoms with E-state index in [0.717, 1.165) is 19.6 Å². The summed E-state index contributed by atoms with van der Waals surface area (Å²) < 4.78 is 0. The van der Waals surface area contributed by atoms with Gasteiger partial charge in [-0.3, -0.25) is 4.90 Å². The molecule has 0 saturated carbocycles. The van der Waals surface area contributed by atoms with Crippen LogP contribution in [0.1, 0.15) is 5.56 Å². The van der Waals surface area contributed by atoms with E-state index in [2.05, 4.69) is 35.4 Å². The Labute approximate surface area is 95.3 Å². The van der Waals surface area contributed by atoms with Gasteiger partial charge in [0.25, 0.3) is 0 Å². The van der Waals surface area contributed by atoms with Gasteiger partial charge in [-0.1, -0.05) is 12.1 Å². The lowest BCUT2D eigenvalue weighted by molar-refractivity contribution is 0.0479. The molecule has 1 fully saturated rings. The number of likely N-dealkylation sites (tertiary alicyclic amines) is 1. The van der Waals surface area contributed by atoms with Gasteiger partial charge in [-0.25, -0.2) is 0 Å². The zero-order valence-corrected chi connectivity index (χ0v) is 9.83. The number of nitrogens with zero attached hydrogens (tertiary/aromatic N) is 1. The molecule has 0 bridgehead atoms. The van der Waals surface area contributed by atoms with Crippen molar-refractivity contribution in [3.63, 3.8) is 0 Å². The zero-order chi connectivity index (χ0) is 10.7. The average Bonchev–Trinajstić information content (AvgIpc) is 2.23. The van der Waals surface area contributed by atoms with E-state index < -0.39 is 0 Å². The summed E-state index contributed by atoms with van der Waals surface area (Å²) >= 11 is 1.77. The van der Waals surface area contributed by atoms with Crippen LogP contribution in [0.15, 0.2) is 29.2 Å². The Morgan fingerprint density at radius 2 is 2.00 bits per heavy atom. The molecule has 1 N–H and O–H groups in total. The van der Waals surface area contributed by atoms with Gasteiger partial charge in [-0.2, -0.15) is 0 Å². The van der Waals surface area contributed by atoms with Gasteiger partial charge in [0.2, 0.25) is 0 Å². The Kier molecular flexibility index (Phi) is 3.67. The fourth-order valence-electron chi connectivity index (χ4n) is 1.91. The average molecular weight is 223 g/mol. The van der Waals surface area contributed by atoms with E-state index >= 15 is 0 Å². The maximum absolute atomic E-state index is 8.91. The van der Waals surface area contributed by atoms with Gasteiger partial charge >= 0.3 is 0 Å². The molecule has 1 saturated heterocycles. The minimum Gasteiger partial charge on any atom is -0.396 e. The quantitative estimate of drug-likeness (QED) is 0.788. The third-order valence-electron chi connectivity index (χ3n) is 2.86. The highest BCUT2D eigenvalue weighted by molar-refractivity contribution is 7.98. The normalized spacial score (nSPS) is 17.7. The Morgan fingerprint density at radius 3 is 2.53 bits per heavy atom. The Morgan fingerprint density at radius 1 is 1.33 bits per heavy atom. The van der Waals surface area contributed by atoms with Crippen molar-refractivity contribution in [2.75, 3.05) is 26.0 Å². The fraction of sp³-hybridized carbons (Fsp3) is 0.500. The predicted molar refractivity (Wildman–Crippen MR) is 64.1 cm³/mol. The highest BCUT2D eigenvalue weighted by atomic mass is 32.2. The molecule has 1 aromatic rings. The maximum atomic E-state index is 8.91. The lowest BCUT2D eigenvalue weighted by atomic mass is 10.0. The summed E-state index contributed by atoms with van der Waals surface area (Å²) in [6, 6.07) is 8.73. The first-order chi connectivity index (χ1) is 7.31. The fourth-order valence-corrected chi connectivity index (χ4v) is 2.32. The van der Waals surface area contributed by atoms with E-state index in [9.17, 15) is 0 Å². The SMILES string of the molecule is CSc1ccc(CN2CC(CO)C2)cc1. The summed E-state index contributed by atoms with van der Waals surface area (Å²) in [5, 5.41) is 8.91. The van der Waals surface area contributed by atoms with Gasteiger partial charge in [-0.15, -0.1) is 11.8 Å². The van der Waals surface area contributed by atoms with E-state index in [1.807, 2.05) is 0 Å². The molecule has 1 aliphatic rings. The van der Waals surface area contributed by atoms with Crippen molar-refractivity contribution in [3.8, 4) is 0 Å². The summed E-state index contributed by atoms with van der Waals surface area (Å²) in [6.07, 6.45) is 2.09. The van der Waals surface area contributed by atoms with Gasteiger partial charge in [-0.05, 0) is 24.0 Å². The van der Waals surface area contributed by atoms with E-state index in [1.54, 1.807) is 11.8 Å². The van der Waals surface area contributed by atoms with Crippen molar-refractivity contribution in [3.05, 3.63) is 29.8 Å². The molecule has 0 atom stereocenters. The standard InChI is InChI=1S/C12H17NOS/c1-15-12-4-2-10(3-5-12)6-13-7-11(8-13)9-14/h2-5,11,14H,6-9H2,1H3. The molecule has 1 aromatic carbocycles. The lowest BCUT2D eigenvalue weighted by Gasteiger charge is -2.38. The number of aliphatic hydroxyl groups excluding tert-OH is 1. The van der Waals surface area contributed by atoms with Gasteiger partial charge in [0.15, 0.2) is 0 Å². The summed E-state index contributed by atoms with van der Waals surface area (Å²) in [4.78, 5) is 3.69. The van der Waals surface area contributed by atoms with Crippen LogP contribution in [0, 0.1) is 5.92 Å². The minimum atomic E-state index is 0.335. The minimum absolute atomic E-state index is 0.335. The highest BCUT2D eigenvalue weighted by Gasteiger charge is 2.25. The van der Waals surface area contributed by atoms with E-state index in [4.69, 9.17) is 5.11 Å². The van der Waals surface area contributed by atoms with Crippen molar-refractivity contribution in [2.24, 2.45) is 5.92 Å². The van der Waals surface area contributed by atoms with Crippen LogP contribution in [0.2, 0.25) is 0 Å². The van der Waals surface area contributed by atoms with Crippen molar-refractivity contribution in [2.45, 2.75) is 11.4 Å². The van der Waals surface area contributed by atoms with Crippen LogP contribution < -0.4 is 0 Å². The molecule has 0 aliphatic carbocycles. The first kappa shape index (κ1) is 11.0. The maximum Gasteiger partial charge on any atom is 0.0483 e. The van der Waals surface area contributed by atoms with Gasteiger partial charge in [0.05, 0.1) is 0 Å². The Balaban J connectivity index is 1.84. The molecule has 15 heavy (non-hydrogen) atoms. The highest BCUT2D eigenvalue weighted by Crippen LogP contribution is 2.20. The number of thioether (sulfide) groups is 1. The van der Waals surface area contributed by atoms with Crippen LogP contribution in [-0.4, -0.2) is 36.0 Å². The molecule has 1 aliphatic heterocycles. The molecule has 0 unspecified atom stereocenters. The molecule has 2 nitrogen and oxygen atoms in total. The molecular formula is C12H17NOS. The van der Waals surface area contributed by atoms with Crippen molar-refractivity contribution in [1.29, 1.82) is 0 Å². The third kappa shape index (κ3) is 2.74. The second-order valence-electron chi connectivity index (χ2n) is 4.09. The number of hydrogen-bond acceptors (Lipinski definition) is 3. The molecule has 0 spiro atoms. The van der Waals surface area contributed by atoms with Crippen molar-refractivity contribution >= 4 is 11.8 Å². The summed E-state index contributed by atoms with van der Waals surface area (Å²) in [5.41, 5.74) is 1.36. The van der Waals surface area contributed by atoms with Gasteiger partial charge in [0, 0.05) is 37.1 Å². The zero-order valence-electron chi connectivity index (χ0n) is 9.02. The molecule has 3 heteroatoms. The second-order valence-corrected chi connectivity index (χ2v) is 4.97. The Bertz CT molecular complexity index is 306. The topological polar surface area (TPSA) is 23.5 Å². The summed E-state index contributed by atoms with van der Waals surface area (Å²) in [7, 11) is 0. The van der Waals surface area contributed by atoms with E-state index in [1.165, 1.54) is 10.5 Å². The lowest BCUT2D eigenvalue weighted by Crippen LogP contribution is -2.47. The Hall–Kier alpha value is -0.510. The van der Waals surface area contributed by atoms with Crippen LogP contribution >= 0.6 is 11.8 Å². The first-order valence-corrected chi connectivity index (χ1v) is 6.50. The second kappa shape index (κ2) is 5.01. The van der Waals surface area contributed by atoms with Crippen molar-refractivity contribution < 1.29 is 5.11 Å². The monoisotopic (exact) mass is 223 g/mol. The molecular weight excluding hydrogens is 206 g/mol. The summed E-state index contributed by atoms with van der Waals surface area (Å²) in [6.45, 7) is 3.44. The third-order valence-corrected chi connectivity index (χ3v) is 3.60. The van der Waals surface area contributed by atoms with Crippen LogP contribution in [0.5, 0.6) is 0 Å². The van der Waals surface area contributed by atoms with E-state index in [-0.39, 0.29) is 0 Å². The number of rotatable bonds is 4. The number of benzene rings is 1. The van der Waals surface area contributed by atoms with Crippen LogP contribution in [0.4, 0.5) is 0 Å². The van der Waals surface area contributed by atoms with E-state index in [0.29, 0.717) is 12.5 Å². The molecule has 82 valence electrons. The predicted octanol–water partition coefficient (Wildman–Crippen LogP) is 1.83. The molecule has 0 amide bonds. The number of aliphatic hydroxyl groups is 1. The molecule has 0 radical (unpaired) electrons. The largest absolute Gasteiger partial charge is 0.396 e. The van der Waals surface area contributed by atoms with Gasteiger partial charge in [0.1, 0.15) is 0 Å². The first-order valence-electron chi connectivity index (χ1n) is 5.28. The van der Waals surface area contributed by atoms with Crippen molar-refractivity contribution in [1.82, 2.24) is 4.90 Å². The molecule has 2 rings (SSSR count). The smallest absolute Gasteiger partial charge is 0.0483 e. The summed E-state index contributed by atoms with van der Waals surface area (Å²) in [5.74, 6) is 0.510. The van der Waals surface area contributed by atoms with Crippen LogP contribution in [0.3, 0.4) is 0 Å². The number of hydrogen-bond donors (Lipinski definition) is 1. The molecule has 0 aromatic heterocycles.